The second kappa shape index (κ2) is 8.16. The molecule has 4 heterocycles. The third kappa shape index (κ3) is 3.81. The molecule has 1 aliphatic rings. The van der Waals surface area contributed by atoms with Crippen LogP contribution in [0.5, 0.6) is 0 Å². The van der Waals surface area contributed by atoms with Gasteiger partial charge in [-0.05, 0) is 31.0 Å². The second-order valence-electron chi connectivity index (χ2n) is 7.32. The molecule has 0 saturated carbocycles. The summed E-state index contributed by atoms with van der Waals surface area (Å²) in [4.78, 5) is 19.2. The van der Waals surface area contributed by atoms with Crippen molar-refractivity contribution in [2.24, 2.45) is 7.05 Å². The van der Waals surface area contributed by atoms with Crippen molar-refractivity contribution in [3.05, 3.63) is 41.3 Å². The van der Waals surface area contributed by atoms with E-state index in [0.29, 0.717) is 28.3 Å². The van der Waals surface area contributed by atoms with E-state index in [1.165, 1.54) is 11.5 Å². The van der Waals surface area contributed by atoms with Crippen LogP contribution >= 0.6 is 23.1 Å². The van der Waals surface area contributed by atoms with Crippen LogP contribution in [0.4, 0.5) is 16.8 Å². The zero-order valence-electron chi connectivity index (χ0n) is 16.7. The monoisotopic (exact) mass is 457 g/mol. The predicted molar refractivity (Wildman–Crippen MR) is 120 cm³/mol. The number of nitrogens with one attached hydrogen (secondary N) is 3. The van der Waals surface area contributed by atoms with E-state index in [1.54, 1.807) is 30.2 Å². The minimum absolute atomic E-state index is 0.135. The van der Waals surface area contributed by atoms with Crippen LogP contribution in [-0.4, -0.2) is 54.4 Å². The van der Waals surface area contributed by atoms with Crippen molar-refractivity contribution in [2.75, 3.05) is 23.3 Å². The largest absolute Gasteiger partial charge is 0.349 e. The SMILES string of the molecule is Cn1nccc1C(=O)NC[C@@H]1CCCN1c1nsc(Nc2ccc3[nH]ncc3c2Cl)n1. The molecule has 3 N–H and O–H groups in total. The van der Waals surface area contributed by atoms with Gasteiger partial charge in [0.25, 0.3) is 5.91 Å². The number of rotatable bonds is 6. The summed E-state index contributed by atoms with van der Waals surface area (Å²) >= 11 is 7.77. The van der Waals surface area contributed by atoms with Crippen LogP contribution in [0.1, 0.15) is 23.3 Å². The number of aryl methyl sites for hydroxylation is 1. The van der Waals surface area contributed by atoms with E-state index in [1.807, 2.05) is 12.1 Å². The Morgan fingerprint density at radius 1 is 1.39 bits per heavy atom. The summed E-state index contributed by atoms with van der Waals surface area (Å²) in [5, 5.41) is 19.3. The van der Waals surface area contributed by atoms with E-state index in [-0.39, 0.29) is 11.9 Å². The fraction of sp³-hybridized carbons (Fsp3) is 0.316. The normalized spacial score (nSPS) is 16.2. The van der Waals surface area contributed by atoms with Crippen molar-refractivity contribution in [1.29, 1.82) is 0 Å². The summed E-state index contributed by atoms with van der Waals surface area (Å²) in [5.74, 6) is 0.523. The topological polar surface area (TPSA) is 117 Å². The first-order valence-corrected chi connectivity index (χ1v) is 11.0. The number of halogens is 1. The molecule has 160 valence electrons. The van der Waals surface area contributed by atoms with Crippen LogP contribution < -0.4 is 15.5 Å². The van der Waals surface area contributed by atoms with Gasteiger partial charge in [0, 0.05) is 49.3 Å². The Morgan fingerprint density at radius 3 is 3.13 bits per heavy atom. The van der Waals surface area contributed by atoms with Gasteiger partial charge in [0.15, 0.2) is 0 Å². The molecule has 0 radical (unpaired) electrons. The Morgan fingerprint density at radius 2 is 2.29 bits per heavy atom. The number of amides is 1. The van der Waals surface area contributed by atoms with E-state index in [0.717, 1.165) is 36.0 Å². The molecule has 3 aromatic heterocycles. The van der Waals surface area contributed by atoms with Crippen LogP contribution in [0.15, 0.2) is 30.6 Å². The smallest absolute Gasteiger partial charge is 0.269 e. The molecule has 1 saturated heterocycles. The van der Waals surface area contributed by atoms with Crippen molar-refractivity contribution in [3.63, 3.8) is 0 Å². The maximum atomic E-state index is 12.4. The predicted octanol–water partition coefficient (Wildman–Crippen LogP) is 2.94. The van der Waals surface area contributed by atoms with E-state index in [2.05, 4.69) is 40.2 Å². The molecule has 0 bridgehead atoms. The molecule has 1 aliphatic heterocycles. The number of hydrogen-bond acceptors (Lipinski definition) is 8. The van der Waals surface area contributed by atoms with Crippen molar-refractivity contribution >= 4 is 56.7 Å². The molecule has 4 aromatic rings. The van der Waals surface area contributed by atoms with Gasteiger partial charge in [-0.3, -0.25) is 14.6 Å². The number of benzene rings is 1. The van der Waals surface area contributed by atoms with E-state index in [9.17, 15) is 4.79 Å². The number of fused-ring (bicyclic) bond motifs is 1. The Hall–Kier alpha value is -3.18. The molecule has 1 amide bonds. The fourth-order valence-corrected chi connectivity index (χ4v) is 4.64. The van der Waals surface area contributed by atoms with Gasteiger partial charge in [-0.1, -0.05) is 11.6 Å². The Labute approximate surface area is 186 Å². The van der Waals surface area contributed by atoms with Gasteiger partial charge < -0.3 is 15.5 Å². The zero-order valence-corrected chi connectivity index (χ0v) is 18.2. The molecule has 1 fully saturated rings. The van der Waals surface area contributed by atoms with E-state index >= 15 is 0 Å². The lowest BCUT2D eigenvalue weighted by Crippen LogP contribution is -2.41. The van der Waals surface area contributed by atoms with Crippen LogP contribution in [0, 0.1) is 0 Å². The molecule has 0 spiro atoms. The summed E-state index contributed by atoms with van der Waals surface area (Å²) in [5.41, 5.74) is 2.16. The van der Waals surface area contributed by atoms with Gasteiger partial charge in [0.05, 0.1) is 22.4 Å². The molecule has 5 rings (SSSR count). The van der Waals surface area contributed by atoms with E-state index < -0.39 is 0 Å². The van der Waals surface area contributed by atoms with Crippen LogP contribution in [-0.2, 0) is 7.05 Å². The summed E-state index contributed by atoms with van der Waals surface area (Å²) in [6.07, 6.45) is 5.30. The third-order valence-electron chi connectivity index (χ3n) is 5.40. The lowest BCUT2D eigenvalue weighted by molar-refractivity contribution is 0.0942. The van der Waals surface area contributed by atoms with Gasteiger partial charge in [0.1, 0.15) is 5.69 Å². The van der Waals surface area contributed by atoms with Gasteiger partial charge in [0.2, 0.25) is 11.1 Å². The van der Waals surface area contributed by atoms with Gasteiger partial charge >= 0.3 is 0 Å². The Balaban J connectivity index is 1.26. The molecule has 0 unspecified atom stereocenters. The molecule has 10 nitrogen and oxygen atoms in total. The fourth-order valence-electron chi connectivity index (χ4n) is 3.79. The van der Waals surface area contributed by atoms with Crippen molar-refractivity contribution in [1.82, 2.24) is 34.7 Å². The number of carbonyl (C=O) groups is 1. The van der Waals surface area contributed by atoms with E-state index in [4.69, 9.17) is 11.6 Å². The first kappa shape index (κ1) is 19.8. The number of hydrogen-bond donors (Lipinski definition) is 3. The number of anilines is 3. The molecular formula is C19H20ClN9OS. The first-order valence-electron chi connectivity index (χ1n) is 9.85. The molecule has 12 heteroatoms. The maximum Gasteiger partial charge on any atom is 0.269 e. The summed E-state index contributed by atoms with van der Waals surface area (Å²) in [6, 6.07) is 5.65. The number of aromatic nitrogens is 6. The Kier molecular flexibility index (Phi) is 5.20. The maximum absolute atomic E-state index is 12.4. The number of aromatic amines is 1. The highest BCUT2D eigenvalue weighted by Gasteiger charge is 2.28. The Bertz CT molecular complexity index is 1230. The van der Waals surface area contributed by atoms with Gasteiger partial charge in [-0.15, -0.1) is 0 Å². The molecule has 31 heavy (non-hydrogen) atoms. The first-order chi connectivity index (χ1) is 15.1. The highest BCUT2D eigenvalue weighted by Crippen LogP contribution is 2.33. The van der Waals surface area contributed by atoms with Crippen molar-refractivity contribution in [2.45, 2.75) is 18.9 Å². The van der Waals surface area contributed by atoms with Crippen LogP contribution in [0.25, 0.3) is 10.9 Å². The standard InChI is InChI=1S/C19H20ClN9OS/c1-28-15(6-7-23-28)17(30)21-9-11-3-2-8-29(11)18-25-19(31-27-18)24-14-5-4-13-12(16(14)20)10-22-26-13/h4-7,10-11H,2-3,8-9H2,1H3,(H,21,30)(H,22,26)(H,24,25,27)/t11-/m0/s1. The van der Waals surface area contributed by atoms with Gasteiger partial charge in [-0.2, -0.15) is 19.6 Å². The third-order valence-corrected chi connectivity index (χ3v) is 6.43. The highest BCUT2D eigenvalue weighted by molar-refractivity contribution is 7.10. The number of H-pyrrole nitrogens is 1. The van der Waals surface area contributed by atoms with Crippen LogP contribution in [0.3, 0.4) is 0 Å². The number of nitrogens with zero attached hydrogens (tertiary/aromatic N) is 6. The lowest BCUT2D eigenvalue weighted by atomic mass is 10.2. The minimum atomic E-state index is -0.135. The summed E-state index contributed by atoms with van der Waals surface area (Å²) < 4.78 is 6.09. The average molecular weight is 458 g/mol. The van der Waals surface area contributed by atoms with Crippen molar-refractivity contribution < 1.29 is 4.79 Å². The van der Waals surface area contributed by atoms with Gasteiger partial charge in [-0.25, -0.2) is 0 Å². The van der Waals surface area contributed by atoms with Crippen LogP contribution in [0.2, 0.25) is 5.02 Å². The van der Waals surface area contributed by atoms with Crippen molar-refractivity contribution in [3.8, 4) is 0 Å². The molecular weight excluding hydrogens is 438 g/mol. The quantitative estimate of drug-likeness (QED) is 0.407. The minimum Gasteiger partial charge on any atom is -0.349 e. The number of carbonyl (C=O) groups excluding carboxylic acids is 1. The molecule has 1 atom stereocenters. The average Bonchev–Trinajstić information content (AvgIpc) is 3.55. The summed E-state index contributed by atoms with van der Waals surface area (Å²) in [7, 11) is 1.75. The molecule has 0 aliphatic carbocycles. The highest BCUT2D eigenvalue weighted by atomic mass is 35.5. The summed E-state index contributed by atoms with van der Waals surface area (Å²) in [6.45, 7) is 1.37. The second-order valence-corrected chi connectivity index (χ2v) is 8.45. The zero-order chi connectivity index (χ0) is 21.4. The lowest BCUT2D eigenvalue weighted by Gasteiger charge is -2.23. The molecule has 1 aromatic carbocycles.